The van der Waals surface area contributed by atoms with E-state index in [9.17, 15) is 18.6 Å². The summed E-state index contributed by atoms with van der Waals surface area (Å²) in [6, 6.07) is 6.36. The van der Waals surface area contributed by atoms with E-state index in [4.69, 9.17) is 4.55 Å². The molecule has 2 aromatic carbocycles. The van der Waals surface area contributed by atoms with Crippen molar-refractivity contribution in [3.63, 3.8) is 0 Å². The molecule has 0 saturated carbocycles. The van der Waals surface area contributed by atoms with Crippen LogP contribution in [0.3, 0.4) is 0 Å². The van der Waals surface area contributed by atoms with Crippen LogP contribution in [0.5, 0.6) is 11.5 Å². The molecular formula is C10H8NaO5S. The third-order valence-electron chi connectivity index (χ3n) is 2.24. The summed E-state index contributed by atoms with van der Waals surface area (Å²) in [6.45, 7) is 0. The molecule has 17 heavy (non-hydrogen) atoms. The van der Waals surface area contributed by atoms with Crippen LogP contribution in [-0.4, -0.2) is 52.7 Å². The first-order valence-electron chi connectivity index (χ1n) is 4.32. The molecule has 0 atom stereocenters. The van der Waals surface area contributed by atoms with Crippen LogP contribution in [0.2, 0.25) is 0 Å². The van der Waals surface area contributed by atoms with Gasteiger partial charge in [0.15, 0.2) is 11.5 Å². The molecule has 5 nitrogen and oxygen atoms in total. The normalized spacial score (nSPS) is 11.1. The summed E-state index contributed by atoms with van der Waals surface area (Å²) in [5.74, 6) is -0.605. The molecule has 0 aromatic heterocycles. The summed E-state index contributed by atoms with van der Waals surface area (Å²) >= 11 is 0. The Labute approximate surface area is 120 Å². The molecule has 0 unspecified atom stereocenters. The van der Waals surface area contributed by atoms with Gasteiger partial charge in [-0.15, -0.1) is 0 Å². The van der Waals surface area contributed by atoms with E-state index in [1.807, 2.05) is 0 Å². The van der Waals surface area contributed by atoms with Gasteiger partial charge in [-0.05, 0) is 29.7 Å². The van der Waals surface area contributed by atoms with Gasteiger partial charge in [-0.2, -0.15) is 8.42 Å². The summed E-state index contributed by atoms with van der Waals surface area (Å²) < 4.78 is 30.6. The van der Waals surface area contributed by atoms with E-state index in [0.717, 1.165) is 6.07 Å². The summed E-state index contributed by atoms with van der Waals surface area (Å²) in [5, 5.41) is 19.4. The molecule has 0 bridgehead atoms. The summed E-state index contributed by atoms with van der Waals surface area (Å²) in [4.78, 5) is -0.259. The molecule has 0 aliphatic rings. The maximum absolute atomic E-state index is 10.9. The maximum atomic E-state index is 10.9. The molecule has 2 aromatic rings. The Balaban J connectivity index is 0.00000144. The monoisotopic (exact) mass is 263 g/mol. The van der Waals surface area contributed by atoms with Crippen LogP contribution in [0, 0.1) is 0 Å². The second-order valence-corrected chi connectivity index (χ2v) is 4.71. The van der Waals surface area contributed by atoms with Crippen LogP contribution in [0.15, 0.2) is 35.2 Å². The predicted octanol–water partition coefficient (Wildman–Crippen LogP) is 1.12. The fraction of sp³-hybridized carbons (Fsp3) is 0. The van der Waals surface area contributed by atoms with Crippen LogP contribution < -0.4 is 0 Å². The third kappa shape index (κ3) is 2.72. The number of phenols is 2. The fourth-order valence-corrected chi connectivity index (χ4v) is 1.96. The van der Waals surface area contributed by atoms with E-state index in [2.05, 4.69) is 0 Å². The van der Waals surface area contributed by atoms with Crippen LogP contribution in [0.25, 0.3) is 10.8 Å². The van der Waals surface area contributed by atoms with Gasteiger partial charge in [0, 0.05) is 34.9 Å². The molecule has 0 fully saturated rings. The van der Waals surface area contributed by atoms with Gasteiger partial charge in [0.1, 0.15) is 0 Å². The Hall–Kier alpha value is -0.790. The minimum Gasteiger partial charge on any atom is -0.504 e. The van der Waals surface area contributed by atoms with Crippen molar-refractivity contribution in [1.29, 1.82) is 0 Å². The molecule has 1 radical (unpaired) electrons. The van der Waals surface area contributed by atoms with E-state index in [1.54, 1.807) is 0 Å². The van der Waals surface area contributed by atoms with Crippen molar-refractivity contribution >= 4 is 50.4 Å². The minimum atomic E-state index is -4.26. The van der Waals surface area contributed by atoms with Crippen molar-refractivity contribution in [2.24, 2.45) is 0 Å². The second-order valence-electron chi connectivity index (χ2n) is 3.29. The van der Waals surface area contributed by atoms with Gasteiger partial charge in [-0.3, -0.25) is 4.55 Å². The molecule has 3 N–H and O–H groups in total. The van der Waals surface area contributed by atoms with Crippen molar-refractivity contribution < 1.29 is 23.2 Å². The first kappa shape index (κ1) is 14.3. The van der Waals surface area contributed by atoms with Crippen LogP contribution in [-0.2, 0) is 10.1 Å². The van der Waals surface area contributed by atoms with Crippen molar-refractivity contribution in [1.82, 2.24) is 0 Å². The predicted molar refractivity (Wildman–Crippen MR) is 62.8 cm³/mol. The number of aromatic hydroxyl groups is 2. The number of rotatable bonds is 1. The SMILES string of the molecule is O=S(=O)(O)c1ccc2c(O)c(O)ccc2c1.[Na]. The minimum absolute atomic E-state index is 0. The zero-order chi connectivity index (χ0) is 11.9. The maximum Gasteiger partial charge on any atom is 0.294 e. The van der Waals surface area contributed by atoms with E-state index in [-0.39, 0.29) is 46.0 Å². The topological polar surface area (TPSA) is 94.8 Å². The Bertz CT molecular complexity index is 666. The molecule has 7 heteroatoms. The van der Waals surface area contributed by atoms with Crippen molar-refractivity contribution in [2.45, 2.75) is 4.90 Å². The summed E-state index contributed by atoms with van der Waals surface area (Å²) in [7, 11) is -4.26. The largest absolute Gasteiger partial charge is 0.504 e. The molecule has 0 spiro atoms. The molecule has 2 rings (SSSR count). The third-order valence-corrected chi connectivity index (χ3v) is 3.09. The molecule has 0 aliphatic heterocycles. The second kappa shape index (κ2) is 4.83. The number of hydrogen-bond donors (Lipinski definition) is 3. The Morgan fingerprint density at radius 2 is 1.65 bits per heavy atom. The molecule has 0 heterocycles. The Morgan fingerprint density at radius 1 is 1.00 bits per heavy atom. The van der Waals surface area contributed by atoms with Crippen LogP contribution >= 0.6 is 0 Å². The quantitative estimate of drug-likeness (QED) is 0.407. The van der Waals surface area contributed by atoms with Gasteiger partial charge in [0.05, 0.1) is 4.90 Å². The average molecular weight is 263 g/mol. The molecule has 0 amide bonds. The van der Waals surface area contributed by atoms with Gasteiger partial charge in [0.2, 0.25) is 0 Å². The smallest absolute Gasteiger partial charge is 0.294 e. The molecular weight excluding hydrogens is 255 g/mol. The number of benzene rings is 2. The van der Waals surface area contributed by atoms with Gasteiger partial charge >= 0.3 is 0 Å². The van der Waals surface area contributed by atoms with E-state index < -0.39 is 10.1 Å². The zero-order valence-corrected chi connectivity index (χ0v) is 11.8. The van der Waals surface area contributed by atoms with Gasteiger partial charge in [-0.1, -0.05) is 6.07 Å². The van der Waals surface area contributed by atoms with Crippen LogP contribution in [0.4, 0.5) is 0 Å². The molecule has 85 valence electrons. The van der Waals surface area contributed by atoms with Crippen molar-refractivity contribution in [3.8, 4) is 11.5 Å². The number of phenolic OH excluding ortho intramolecular Hbond substituents is 2. The molecule has 0 aliphatic carbocycles. The number of hydrogen-bond acceptors (Lipinski definition) is 4. The average Bonchev–Trinajstić information content (AvgIpc) is 2.22. The first-order chi connectivity index (χ1) is 7.39. The van der Waals surface area contributed by atoms with Gasteiger partial charge in [-0.25, -0.2) is 0 Å². The summed E-state index contributed by atoms with van der Waals surface area (Å²) in [6.07, 6.45) is 0. The van der Waals surface area contributed by atoms with Crippen molar-refractivity contribution in [2.75, 3.05) is 0 Å². The Kier molecular flexibility index (Phi) is 4.06. The standard InChI is InChI=1S/C10H8O5S.Na/c11-9-4-1-6-5-7(16(13,14)15)2-3-8(6)10(9)12;/h1-5,11-12H,(H,13,14,15);. The van der Waals surface area contributed by atoms with Gasteiger partial charge < -0.3 is 10.2 Å². The van der Waals surface area contributed by atoms with Crippen molar-refractivity contribution in [3.05, 3.63) is 30.3 Å². The van der Waals surface area contributed by atoms with E-state index >= 15 is 0 Å². The fourth-order valence-electron chi connectivity index (χ4n) is 1.44. The first-order valence-corrected chi connectivity index (χ1v) is 5.76. The zero-order valence-electron chi connectivity index (χ0n) is 8.95. The Morgan fingerprint density at radius 3 is 2.24 bits per heavy atom. The van der Waals surface area contributed by atoms with Gasteiger partial charge in [0.25, 0.3) is 10.1 Å². The summed E-state index contributed by atoms with van der Waals surface area (Å²) in [5.41, 5.74) is 0. The van der Waals surface area contributed by atoms with E-state index in [0.29, 0.717) is 10.8 Å². The molecule has 0 saturated heterocycles. The van der Waals surface area contributed by atoms with E-state index in [1.165, 1.54) is 24.3 Å². The van der Waals surface area contributed by atoms with Crippen LogP contribution in [0.1, 0.15) is 0 Å². The number of fused-ring (bicyclic) bond motifs is 1.